The second-order valence-electron chi connectivity index (χ2n) is 2.47. The second-order valence-corrected chi connectivity index (χ2v) is 2.47. The van der Waals surface area contributed by atoms with E-state index in [1.54, 1.807) is 0 Å². The third-order valence-electron chi connectivity index (χ3n) is 1.54. The number of phenols is 1. The van der Waals surface area contributed by atoms with Gasteiger partial charge in [0.25, 0.3) is 0 Å². The predicted molar refractivity (Wildman–Crippen MR) is 37.9 cm³/mol. The van der Waals surface area contributed by atoms with E-state index >= 15 is 0 Å². The van der Waals surface area contributed by atoms with Gasteiger partial charge in [0.05, 0.1) is 5.56 Å². The zero-order valence-electron chi connectivity index (χ0n) is 6.40. The first kappa shape index (κ1) is 9.83. The highest BCUT2D eigenvalue weighted by atomic mass is 19.4. The van der Waals surface area contributed by atoms with E-state index < -0.39 is 29.7 Å². The van der Waals surface area contributed by atoms with Crippen LogP contribution in [-0.4, -0.2) is 5.11 Å². The number of alkyl halides is 4. The maximum atomic E-state index is 12.1. The molecule has 0 aromatic heterocycles. The molecule has 1 nitrogen and oxygen atoms in total. The smallest absolute Gasteiger partial charge is 0.416 e. The van der Waals surface area contributed by atoms with Crippen LogP contribution in [0.5, 0.6) is 5.75 Å². The summed E-state index contributed by atoms with van der Waals surface area (Å²) in [7, 11) is 0. The Labute approximate surface area is 71.6 Å². The maximum absolute atomic E-state index is 12.1. The van der Waals surface area contributed by atoms with Gasteiger partial charge in [-0.3, -0.25) is 0 Å². The molecule has 1 aromatic rings. The molecule has 0 fully saturated rings. The summed E-state index contributed by atoms with van der Waals surface area (Å²) >= 11 is 0. The highest BCUT2D eigenvalue weighted by molar-refractivity contribution is 5.36. The molecule has 5 heteroatoms. The first-order chi connectivity index (χ1) is 5.95. The molecule has 0 aliphatic carbocycles. The molecule has 0 saturated carbocycles. The minimum Gasteiger partial charge on any atom is -0.508 e. The SMILES string of the molecule is Oc1ccc(CF)c(C(F)(F)F)c1. The largest absolute Gasteiger partial charge is 0.508 e. The van der Waals surface area contributed by atoms with Gasteiger partial charge in [-0.2, -0.15) is 13.2 Å². The number of rotatable bonds is 1. The Hall–Kier alpha value is -1.26. The summed E-state index contributed by atoms with van der Waals surface area (Å²) in [6.07, 6.45) is -4.62. The minimum atomic E-state index is -4.62. The molecule has 0 saturated heterocycles. The summed E-state index contributed by atoms with van der Waals surface area (Å²) in [6, 6.07) is 2.44. The third-order valence-corrected chi connectivity index (χ3v) is 1.54. The highest BCUT2D eigenvalue weighted by Gasteiger charge is 2.33. The van der Waals surface area contributed by atoms with Gasteiger partial charge in [0.2, 0.25) is 0 Å². The number of aromatic hydroxyl groups is 1. The molecule has 0 aliphatic heterocycles. The lowest BCUT2D eigenvalue weighted by Crippen LogP contribution is -2.08. The molecule has 1 aromatic carbocycles. The molecule has 0 radical (unpaired) electrons. The van der Waals surface area contributed by atoms with Crippen molar-refractivity contribution in [1.29, 1.82) is 0 Å². The van der Waals surface area contributed by atoms with E-state index in [4.69, 9.17) is 5.11 Å². The lowest BCUT2D eigenvalue weighted by molar-refractivity contribution is -0.138. The molecule has 1 rings (SSSR count). The highest BCUT2D eigenvalue weighted by Crippen LogP contribution is 2.34. The fraction of sp³-hybridized carbons (Fsp3) is 0.250. The molecule has 0 bridgehead atoms. The van der Waals surface area contributed by atoms with E-state index in [0.29, 0.717) is 6.07 Å². The van der Waals surface area contributed by atoms with E-state index in [1.807, 2.05) is 0 Å². The molecule has 1 N–H and O–H groups in total. The zero-order valence-corrected chi connectivity index (χ0v) is 6.40. The third kappa shape index (κ3) is 2.11. The van der Waals surface area contributed by atoms with Gasteiger partial charge >= 0.3 is 6.18 Å². The van der Waals surface area contributed by atoms with Gasteiger partial charge < -0.3 is 5.11 Å². The Morgan fingerprint density at radius 2 is 1.85 bits per heavy atom. The summed E-state index contributed by atoms with van der Waals surface area (Å²) in [5.41, 5.74) is -1.60. The van der Waals surface area contributed by atoms with Crippen molar-refractivity contribution in [3.05, 3.63) is 29.3 Å². The first-order valence-corrected chi connectivity index (χ1v) is 3.40. The molecular weight excluding hydrogens is 188 g/mol. The Kier molecular flexibility index (Phi) is 2.45. The first-order valence-electron chi connectivity index (χ1n) is 3.40. The van der Waals surface area contributed by atoms with E-state index in [-0.39, 0.29) is 0 Å². The fourth-order valence-electron chi connectivity index (χ4n) is 0.945. The van der Waals surface area contributed by atoms with Crippen molar-refractivity contribution in [2.45, 2.75) is 12.9 Å². The predicted octanol–water partition coefficient (Wildman–Crippen LogP) is 2.88. The summed E-state index contributed by atoms with van der Waals surface area (Å²) in [6.45, 7) is -1.20. The Bertz CT molecular complexity index is 306. The lowest BCUT2D eigenvalue weighted by atomic mass is 10.1. The van der Waals surface area contributed by atoms with Gasteiger partial charge in [0.1, 0.15) is 12.4 Å². The van der Waals surface area contributed by atoms with E-state index in [0.717, 1.165) is 12.1 Å². The van der Waals surface area contributed by atoms with Crippen molar-refractivity contribution in [3.8, 4) is 5.75 Å². The van der Waals surface area contributed by atoms with Crippen LogP contribution in [0, 0.1) is 0 Å². The normalized spacial score (nSPS) is 11.7. The maximum Gasteiger partial charge on any atom is 0.416 e. The van der Waals surface area contributed by atoms with Crippen molar-refractivity contribution in [2.24, 2.45) is 0 Å². The molecule has 0 spiro atoms. The number of phenolic OH excluding ortho intramolecular Hbond substituents is 1. The van der Waals surface area contributed by atoms with E-state index in [2.05, 4.69) is 0 Å². The van der Waals surface area contributed by atoms with Crippen LogP contribution in [-0.2, 0) is 12.9 Å². The van der Waals surface area contributed by atoms with Gasteiger partial charge in [-0.25, -0.2) is 4.39 Å². The summed E-state index contributed by atoms with van der Waals surface area (Å²) in [5.74, 6) is -0.524. The average Bonchev–Trinajstić information content (AvgIpc) is 2.03. The Morgan fingerprint density at radius 3 is 2.31 bits per heavy atom. The monoisotopic (exact) mass is 194 g/mol. The summed E-state index contributed by atoms with van der Waals surface area (Å²) in [5, 5.41) is 8.77. The van der Waals surface area contributed by atoms with Crippen LogP contribution in [0.25, 0.3) is 0 Å². The molecule has 0 unspecified atom stereocenters. The van der Waals surface area contributed by atoms with Crippen molar-refractivity contribution >= 4 is 0 Å². The van der Waals surface area contributed by atoms with Crippen LogP contribution >= 0.6 is 0 Å². The molecule has 0 atom stereocenters. The van der Waals surface area contributed by atoms with Crippen molar-refractivity contribution in [1.82, 2.24) is 0 Å². The van der Waals surface area contributed by atoms with Gasteiger partial charge in [0, 0.05) is 0 Å². The number of hydrogen-bond acceptors (Lipinski definition) is 1. The van der Waals surface area contributed by atoms with Crippen molar-refractivity contribution in [3.63, 3.8) is 0 Å². The molecule has 0 amide bonds. The Morgan fingerprint density at radius 1 is 1.23 bits per heavy atom. The fourth-order valence-corrected chi connectivity index (χ4v) is 0.945. The van der Waals surface area contributed by atoms with Crippen LogP contribution in [0.1, 0.15) is 11.1 Å². The molecular formula is C8H6F4O. The topological polar surface area (TPSA) is 20.2 Å². The van der Waals surface area contributed by atoms with Crippen molar-refractivity contribution in [2.75, 3.05) is 0 Å². The summed E-state index contributed by atoms with van der Waals surface area (Å²) in [4.78, 5) is 0. The molecule has 0 heterocycles. The van der Waals surface area contributed by atoms with Gasteiger partial charge in [-0.1, -0.05) is 6.07 Å². The minimum absolute atomic E-state index is 0.467. The van der Waals surface area contributed by atoms with Crippen LogP contribution in [0.15, 0.2) is 18.2 Å². The van der Waals surface area contributed by atoms with Gasteiger partial charge in [-0.15, -0.1) is 0 Å². The van der Waals surface area contributed by atoms with Crippen LogP contribution < -0.4 is 0 Å². The quantitative estimate of drug-likeness (QED) is 0.681. The van der Waals surface area contributed by atoms with Gasteiger partial charge in [0.15, 0.2) is 0 Å². The number of hydrogen-bond donors (Lipinski definition) is 1. The molecule has 0 aliphatic rings. The zero-order chi connectivity index (χ0) is 10.1. The van der Waals surface area contributed by atoms with E-state index in [9.17, 15) is 17.6 Å². The van der Waals surface area contributed by atoms with Gasteiger partial charge in [-0.05, 0) is 17.7 Å². The standard InChI is InChI=1S/C8H6F4O/c9-4-5-1-2-6(13)3-7(5)8(10,11)12/h1-3,13H,4H2. The van der Waals surface area contributed by atoms with Crippen LogP contribution in [0.3, 0.4) is 0 Å². The molecule has 13 heavy (non-hydrogen) atoms. The Balaban J connectivity index is 3.24. The van der Waals surface area contributed by atoms with Crippen LogP contribution in [0.4, 0.5) is 17.6 Å². The number of halogens is 4. The molecule has 72 valence electrons. The van der Waals surface area contributed by atoms with E-state index in [1.165, 1.54) is 0 Å². The average molecular weight is 194 g/mol. The lowest BCUT2D eigenvalue weighted by Gasteiger charge is -2.10. The summed E-state index contributed by atoms with van der Waals surface area (Å²) < 4.78 is 48.5. The van der Waals surface area contributed by atoms with Crippen LogP contribution in [0.2, 0.25) is 0 Å². The van der Waals surface area contributed by atoms with Crippen molar-refractivity contribution < 1.29 is 22.7 Å². The number of benzene rings is 1. The second kappa shape index (κ2) is 3.24.